The highest BCUT2D eigenvalue weighted by Crippen LogP contribution is 2.29. The van der Waals surface area contributed by atoms with Gasteiger partial charge in [-0.05, 0) is 36.8 Å². The smallest absolute Gasteiger partial charge is 0.343 e. The second kappa shape index (κ2) is 9.60. The van der Waals surface area contributed by atoms with Gasteiger partial charge in [-0.25, -0.2) is 4.79 Å². The highest BCUT2D eigenvalue weighted by atomic mass is 16.6. The minimum atomic E-state index is -1.16. The molecule has 3 aromatic carbocycles. The van der Waals surface area contributed by atoms with Crippen LogP contribution in [0.2, 0.25) is 0 Å². The zero-order valence-corrected chi connectivity index (χ0v) is 17.0. The number of methoxy groups -OCH3 is 2. The molecular weight excluding hydrogens is 382 g/mol. The maximum absolute atomic E-state index is 13.1. The first-order valence-corrected chi connectivity index (χ1v) is 9.38. The number of hydrogen-bond acceptors (Lipinski definition) is 5. The van der Waals surface area contributed by atoms with Crippen molar-refractivity contribution in [3.05, 3.63) is 89.5 Å². The Morgan fingerprint density at radius 2 is 1.50 bits per heavy atom. The molecule has 1 atom stereocenters. The fraction of sp³-hybridized carbons (Fsp3) is 0.167. The number of nitrogens with one attached hydrogen (secondary N) is 1. The topological polar surface area (TPSA) is 73.9 Å². The third-order valence-electron chi connectivity index (χ3n) is 4.51. The lowest BCUT2D eigenvalue weighted by molar-refractivity contribution is -0.125. The van der Waals surface area contributed by atoms with Crippen LogP contribution in [0.15, 0.2) is 72.8 Å². The number of rotatable bonds is 7. The van der Waals surface area contributed by atoms with E-state index in [2.05, 4.69) is 5.32 Å². The molecule has 0 aromatic heterocycles. The van der Waals surface area contributed by atoms with Gasteiger partial charge >= 0.3 is 5.97 Å². The second-order valence-electron chi connectivity index (χ2n) is 6.59. The molecule has 1 amide bonds. The summed E-state index contributed by atoms with van der Waals surface area (Å²) in [6.07, 6.45) is -1.16. The van der Waals surface area contributed by atoms with Gasteiger partial charge in [0.05, 0.1) is 19.9 Å². The molecule has 1 N–H and O–H groups in total. The lowest BCUT2D eigenvalue weighted by Gasteiger charge is -2.20. The number of carbonyl (C=O) groups excluding carboxylic acids is 2. The first kappa shape index (κ1) is 20.9. The molecule has 6 heteroatoms. The monoisotopic (exact) mass is 405 g/mol. The number of ether oxygens (including phenoxy) is 3. The minimum absolute atomic E-state index is 0.238. The number of carbonyl (C=O) groups is 2. The van der Waals surface area contributed by atoms with Crippen molar-refractivity contribution < 1.29 is 23.8 Å². The number of benzene rings is 3. The lowest BCUT2D eigenvalue weighted by Crippen LogP contribution is -2.26. The molecule has 0 fully saturated rings. The van der Waals surface area contributed by atoms with Gasteiger partial charge in [-0.1, -0.05) is 48.5 Å². The van der Waals surface area contributed by atoms with Crippen molar-refractivity contribution in [1.82, 2.24) is 0 Å². The second-order valence-corrected chi connectivity index (χ2v) is 6.59. The molecule has 0 bridgehead atoms. The Labute approximate surface area is 175 Å². The van der Waals surface area contributed by atoms with Gasteiger partial charge in [0.2, 0.25) is 6.10 Å². The van der Waals surface area contributed by atoms with Crippen molar-refractivity contribution in [3.63, 3.8) is 0 Å². The maximum atomic E-state index is 13.1. The van der Waals surface area contributed by atoms with Crippen molar-refractivity contribution in [2.24, 2.45) is 0 Å². The number of aryl methyl sites for hydroxylation is 1. The standard InChI is InChI=1S/C24H23NO5/c1-16-13-14-21(29-3)19(15-16)25-23(26)22(17-9-5-4-6-10-17)30-24(27)18-11-7-8-12-20(18)28-2/h4-15,22H,1-3H3,(H,25,26)/t22-/m1/s1. The molecule has 0 spiro atoms. The Bertz CT molecular complexity index is 1030. The predicted octanol–water partition coefficient (Wildman–Crippen LogP) is 4.55. The van der Waals surface area contributed by atoms with E-state index in [1.807, 2.05) is 19.1 Å². The Balaban J connectivity index is 1.91. The summed E-state index contributed by atoms with van der Waals surface area (Å²) in [4.78, 5) is 26.0. The van der Waals surface area contributed by atoms with E-state index in [0.29, 0.717) is 22.7 Å². The number of hydrogen-bond donors (Lipinski definition) is 1. The van der Waals surface area contributed by atoms with Crippen LogP contribution in [-0.4, -0.2) is 26.1 Å². The molecule has 0 saturated heterocycles. The van der Waals surface area contributed by atoms with E-state index in [4.69, 9.17) is 14.2 Å². The van der Waals surface area contributed by atoms with Crippen molar-refractivity contribution in [2.45, 2.75) is 13.0 Å². The Morgan fingerprint density at radius 3 is 2.20 bits per heavy atom. The highest BCUT2D eigenvalue weighted by Gasteiger charge is 2.27. The number of anilines is 1. The normalized spacial score (nSPS) is 11.3. The van der Waals surface area contributed by atoms with E-state index in [9.17, 15) is 9.59 Å². The zero-order valence-electron chi connectivity index (χ0n) is 17.0. The minimum Gasteiger partial charge on any atom is -0.496 e. The fourth-order valence-corrected chi connectivity index (χ4v) is 3.00. The van der Waals surface area contributed by atoms with E-state index < -0.39 is 18.0 Å². The van der Waals surface area contributed by atoms with Crippen LogP contribution in [0.5, 0.6) is 11.5 Å². The summed E-state index contributed by atoms with van der Waals surface area (Å²) in [5.41, 5.74) is 2.23. The summed E-state index contributed by atoms with van der Waals surface area (Å²) < 4.78 is 16.2. The molecule has 30 heavy (non-hydrogen) atoms. The molecular formula is C24H23NO5. The predicted molar refractivity (Wildman–Crippen MR) is 114 cm³/mol. The Morgan fingerprint density at radius 1 is 0.833 bits per heavy atom. The van der Waals surface area contributed by atoms with Gasteiger partial charge < -0.3 is 19.5 Å². The van der Waals surface area contributed by atoms with Crippen molar-refractivity contribution in [3.8, 4) is 11.5 Å². The molecule has 6 nitrogen and oxygen atoms in total. The summed E-state index contributed by atoms with van der Waals surface area (Å²) in [7, 11) is 2.99. The largest absolute Gasteiger partial charge is 0.496 e. The summed E-state index contributed by atoms with van der Waals surface area (Å²) in [6, 6.07) is 21.0. The van der Waals surface area contributed by atoms with Crippen LogP contribution in [0, 0.1) is 6.92 Å². The van der Waals surface area contributed by atoms with E-state index in [-0.39, 0.29) is 5.56 Å². The first-order chi connectivity index (χ1) is 14.5. The third kappa shape index (κ3) is 4.78. The van der Waals surface area contributed by atoms with Crippen LogP contribution in [0.1, 0.15) is 27.6 Å². The van der Waals surface area contributed by atoms with Crippen molar-refractivity contribution in [1.29, 1.82) is 0 Å². The molecule has 154 valence electrons. The summed E-state index contributed by atoms with van der Waals surface area (Å²) >= 11 is 0. The van der Waals surface area contributed by atoms with Gasteiger partial charge in [-0.15, -0.1) is 0 Å². The van der Waals surface area contributed by atoms with Gasteiger partial charge in [-0.3, -0.25) is 4.79 Å². The fourth-order valence-electron chi connectivity index (χ4n) is 3.00. The molecule has 0 aliphatic carbocycles. The SMILES string of the molecule is COc1ccc(C)cc1NC(=O)[C@H](OC(=O)c1ccccc1OC)c1ccccc1. The van der Waals surface area contributed by atoms with E-state index in [1.54, 1.807) is 60.7 Å². The molecule has 0 aliphatic rings. The zero-order chi connectivity index (χ0) is 21.5. The molecule has 0 radical (unpaired) electrons. The Kier molecular flexibility index (Phi) is 6.70. The highest BCUT2D eigenvalue weighted by molar-refractivity contribution is 5.99. The van der Waals surface area contributed by atoms with Crippen molar-refractivity contribution >= 4 is 17.6 Å². The molecule has 0 saturated carbocycles. The quantitative estimate of drug-likeness (QED) is 0.584. The maximum Gasteiger partial charge on any atom is 0.343 e. The molecule has 0 unspecified atom stereocenters. The lowest BCUT2D eigenvalue weighted by atomic mass is 10.1. The molecule has 0 aliphatic heterocycles. The van der Waals surface area contributed by atoms with E-state index >= 15 is 0 Å². The average Bonchev–Trinajstić information content (AvgIpc) is 2.78. The third-order valence-corrected chi connectivity index (χ3v) is 4.51. The van der Waals surface area contributed by atoms with Crippen LogP contribution in [0.4, 0.5) is 5.69 Å². The van der Waals surface area contributed by atoms with E-state index in [1.165, 1.54) is 14.2 Å². The summed E-state index contributed by atoms with van der Waals surface area (Å²) in [5, 5.41) is 2.81. The molecule has 3 rings (SSSR count). The van der Waals surface area contributed by atoms with E-state index in [0.717, 1.165) is 5.56 Å². The van der Waals surface area contributed by atoms with Gasteiger partial charge in [0.15, 0.2) is 0 Å². The van der Waals surface area contributed by atoms with Gasteiger partial charge in [0.25, 0.3) is 5.91 Å². The summed E-state index contributed by atoms with van der Waals surface area (Å²) in [5.74, 6) is -0.270. The first-order valence-electron chi connectivity index (χ1n) is 9.38. The van der Waals surface area contributed by atoms with Crippen LogP contribution >= 0.6 is 0 Å². The van der Waals surface area contributed by atoms with Gasteiger partial charge in [0, 0.05) is 5.56 Å². The average molecular weight is 405 g/mol. The Hall–Kier alpha value is -3.80. The van der Waals surface area contributed by atoms with Crippen LogP contribution in [-0.2, 0) is 9.53 Å². The number of para-hydroxylation sites is 1. The number of esters is 1. The number of amides is 1. The van der Waals surface area contributed by atoms with Crippen molar-refractivity contribution in [2.75, 3.05) is 19.5 Å². The molecule has 0 heterocycles. The van der Waals surface area contributed by atoms with Crippen LogP contribution in [0.25, 0.3) is 0 Å². The van der Waals surface area contributed by atoms with Crippen LogP contribution < -0.4 is 14.8 Å². The van der Waals surface area contributed by atoms with Gasteiger partial charge in [0.1, 0.15) is 17.1 Å². The molecule has 3 aromatic rings. The summed E-state index contributed by atoms with van der Waals surface area (Å²) in [6.45, 7) is 1.91. The van der Waals surface area contributed by atoms with Gasteiger partial charge in [-0.2, -0.15) is 0 Å². The van der Waals surface area contributed by atoms with Crippen LogP contribution in [0.3, 0.4) is 0 Å².